The van der Waals surface area contributed by atoms with Gasteiger partial charge in [-0.05, 0) is 18.2 Å². The molecule has 0 aliphatic carbocycles. The number of benzene rings is 1. The van der Waals surface area contributed by atoms with Gasteiger partial charge in [-0.2, -0.15) is 0 Å². The lowest BCUT2D eigenvalue weighted by Crippen LogP contribution is -2.07. The zero-order chi connectivity index (χ0) is 11.5. The molecule has 0 atom stereocenters. The molecule has 0 bridgehead atoms. The summed E-state index contributed by atoms with van der Waals surface area (Å²) in [5.74, 6) is 0.514. The van der Waals surface area contributed by atoms with E-state index in [4.69, 9.17) is 27.9 Å². The Balaban J connectivity index is 2.34. The minimum Gasteiger partial charge on any atom is -0.437 e. The Morgan fingerprint density at radius 3 is 2.88 bits per heavy atom. The number of ether oxygens (including phenoxy) is 1. The topological polar surface area (TPSA) is 55.0 Å². The molecule has 0 radical (unpaired) electrons. The summed E-state index contributed by atoms with van der Waals surface area (Å²) in [4.78, 5) is 17.3. The quantitative estimate of drug-likeness (QED) is 0.899. The second-order valence-corrected chi connectivity index (χ2v) is 3.72. The van der Waals surface area contributed by atoms with Crippen molar-refractivity contribution in [1.29, 1.82) is 0 Å². The molecule has 6 heteroatoms. The zero-order valence-corrected chi connectivity index (χ0v) is 9.42. The monoisotopic (exact) mass is 256 g/mol. The molecule has 0 aliphatic heterocycles. The van der Waals surface area contributed by atoms with Gasteiger partial charge >= 0.3 is 0 Å². The third-order valence-electron chi connectivity index (χ3n) is 1.78. The molecule has 1 heterocycles. The highest BCUT2D eigenvalue weighted by Crippen LogP contribution is 2.25. The van der Waals surface area contributed by atoms with Crippen LogP contribution in [-0.4, -0.2) is 9.97 Å². The molecule has 0 saturated heterocycles. The molecule has 1 N–H and O–H groups in total. The first-order valence-corrected chi connectivity index (χ1v) is 5.09. The molecule has 0 fully saturated rings. The first-order chi connectivity index (χ1) is 7.66. The van der Waals surface area contributed by atoms with E-state index in [1.165, 1.54) is 6.33 Å². The smallest absolute Gasteiger partial charge is 0.273 e. The van der Waals surface area contributed by atoms with Crippen LogP contribution in [0, 0.1) is 0 Å². The van der Waals surface area contributed by atoms with Crippen LogP contribution in [0.1, 0.15) is 0 Å². The molecular formula is C10H6Cl2N2O2. The summed E-state index contributed by atoms with van der Waals surface area (Å²) in [7, 11) is 0. The van der Waals surface area contributed by atoms with E-state index < -0.39 is 5.56 Å². The molecule has 0 aliphatic rings. The molecular weight excluding hydrogens is 251 g/mol. The molecule has 2 rings (SSSR count). The van der Waals surface area contributed by atoms with E-state index in [9.17, 15) is 4.79 Å². The van der Waals surface area contributed by atoms with Crippen molar-refractivity contribution < 1.29 is 4.74 Å². The van der Waals surface area contributed by atoms with Gasteiger partial charge < -0.3 is 9.72 Å². The highest BCUT2D eigenvalue weighted by molar-refractivity contribution is 6.31. The first-order valence-electron chi connectivity index (χ1n) is 4.33. The van der Waals surface area contributed by atoms with E-state index in [-0.39, 0.29) is 10.9 Å². The zero-order valence-electron chi connectivity index (χ0n) is 7.91. The van der Waals surface area contributed by atoms with E-state index in [0.717, 1.165) is 0 Å². The Bertz CT molecular complexity index is 569. The molecule has 0 saturated carbocycles. The summed E-state index contributed by atoms with van der Waals surface area (Å²) in [5, 5.41) is 0.431. The van der Waals surface area contributed by atoms with Crippen LogP contribution in [0.15, 0.2) is 35.4 Å². The van der Waals surface area contributed by atoms with Gasteiger partial charge in [0.05, 0.1) is 6.33 Å². The van der Waals surface area contributed by atoms with Crippen LogP contribution < -0.4 is 10.3 Å². The number of nitrogens with zero attached hydrogens (tertiary/aromatic N) is 1. The van der Waals surface area contributed by atoms with Gasteiger partial charge in [-0.3, -0.25) is 4.79 Å². The van der Waals surface area contributed by atoms with Gasteiger partial charge in [-0.25, -0.2) is 4.98 Å². The van der Waals surface area contributed by atoms with Crippen LogP contribution in [0.25, 0.3) is 0 Å². The van der Waals surface area contributed by atoms with Gasteiger partial charge in [0.15, 0.2) is 5.02 Å². The van der Waals surface area contributed by atoms with Crippen LogP contribution in [0.4, 0.5) is 0 Å². The average Bonchev–Trinajstić information content (AvgIpc) is 2.25. The fraction of sp³-hybridized carbons (Fsp3) is 0. The number of aromatic nitrogens is 2. The van der Waals surface area contributed by atoms with Crippen molar-refractivity contribution in [2.45, 2.75) is 0 Å². The summed E-state index contributed by atoms with van der Waals surface area (Å²) < 4.78 is 5.32. The first kappa shape index (κ1) is 11.0. The maximum absolute atomic E-state index is 11.2. The predicted molar refractivity (Wildman–Crippen MR) is 61.4 cm³/mol. The minimum atomic E-state index is -0.450. The second-order valence-electron chi connectivity index (χ2n) is 2.91. The van der Waals surface area contributed by atoms with Gasteiger partial charge in [0.25, 0.3) is 5.56 Å². The van der Waals surface area contributed by atoms with Crippen LogP contribution in [0.3, 0.4) is 0 Å². The Kier molecular flexibility index (Phi) is 3.12. The lowest BCUT2D eigenvalue weighted by Gasteiger charge is -2.05. The number of rotatable bonds is 2. The average molecular weight is 257 g/mol. The Morgan fingerprint density at radius 1 is 1.31 bits per heavy atom. The summed E-state index contributed by atoms with van der Waals surface area (Å²) in [6.07, 6.45) is 1.22. The molecule has 2 aromatic rings. The fourth-order valence-corrected chi connectivity index (χ4v) is 1.40. The molecule has 0 amide bonds. The summed E-state index contributed by atoms with van der Waals surface area (Å²) in [6.45, 7) is 0. The fourth-order valence-electron chi connectivity index (χ4n) is 1.08. The molecule has 0 spiro atoms. The van der Waals surface area contributed by atoms with E-state index >= 15 is 0 Å². The Hall–Kier alpha value is -1.52. The molecule has 0 unspecified atom stereocenters. The number of aromatic amines is 1. The van der Waals surface area contributed by atoms with E-state index in [2.05, 4.69) is 9.97 Å². The van der Waals surface area contributed by atoms with Gasteiger partial charge in [-0.1, -0.05) is 29.3 Å². The molecule has 82 valence electrons. The summed E-state index contributed by atoms with van der Waals surface area (Å²) in [5.41, 5.74) is -0.450. The number of nitrogens with one attached hydrogen (secondary N) is 1. The third kappa shape index (κ3) is 2.35. The van der Waals surface area contributed by atoms with Crippen molar-refractivity contribution in [3.63, 3.8) is 0 Å². The molecule has 4 nitrogen and oxygen atoms in total. The van der Waals surface area contributed by atoms with E-state index in [1.807, 2.05) is 0 Å². The van der Waals surface area contributed by atoms with Crippen LogP contribution in [-0.2, 0) is 0 Å². The second kappa shape index (κ2) is 4.55. The molecule has 1 aromatic heterocycles. The minimum absolute atomic E-state index is 0.0488. The highest BCUT2D eigenvalue weighted by Gasteiger charge is 2.08. The van der Waals surface area contributed by atoms with Gasteiger partial charge in [0.1, 0.15) is 5.75 Å². The summed E-state index contributed by atoms with van der Waals surface area (Å²) >= 11 is 11.5. The van der Waals surface area contributed by atoms with Gasteiger partial charge in [0, 0.05) is 5.02 Å². The van der Waals surface area contributed by atoms with E-state index in [1.54, 1.807) is 24.3 Å². The van der Waals surface area contributed by atoms with Crippen molar-refractivity contribution in [2.24, 2.45) is 0 Å². The van der Waals surface area contributed by atoms with Crippen molar-refractivity contribution in [3.05, 3.63) is 51.0 Å². The third-order valence-corrected chi connectivity index (χ3v) is 2.34. The predicted octanol–water partition coefficient (Wildman–Crippen LogP) is 2.87. The van der Waals surface area contributed by atoms with E-state index in [0.29, 0.717) is 10.8 Å². The van der Waals surface area contributed by atoms with Crippen LogP contribution in [0.5, 0.6) is 11.6 Å². The van der Waals surface area contributed by atoms with Crippen molar-refractivity contribution in [3.8, 4) is 11.6 Å². The van der Waals surface area contributed by atoms with Crippen molar-refractivity contribution in [2.75, 3.05) is 0 Å². The number of hydrogen-bond donors (Lipinski definition) is 1. The van der Waals surface area contributed by atoms with Crippen LogP contribution in [0.2, 0.25) is 10.0 Å². The lowest BCUT2D eigenvalue weighted by atomic mass is 10.3. The normalized spacial score (nSPS) is 10.1. The van der Waals surface area contributed by atoms with Crippen molar-refractivity contribution in [1.82, 2.24) is 9.97 Å². The standard InChI is InChI=1S/C10H6Cl2N2O2/c11-6-2-1-3-7(4-6)16-10-8(12)9(15)13-5-14-10/h1-5H,(H,13,14,15). The van der Waals surface area contributed by atoms with Crippen molar-refractivity contribution >= 4 is 23.2 Å². The Morgan fingerprint density at radius 2 is 2.12 bits per heavy atom. The maximum Gasteiger partial charge on any atom is 0.273 e. The summed E-state index contributed by atoms with van der Waals surface area (Å²) in [6, 6.07) is 6.71. The lowest BCUT2D eigenvalue weighted by molar-refractivity contribution is 0.461. The number of hydrogen-bond acceptors (Lipinski definition) is 3. The number of halogens is 2. The van der Waals surface area contributed by atoms with Gasteiger partial charge in [0.2, 0.25) is 5.88 Å². The Labute approximate surface area is 101 Å². The number of H-pyrrole nitrogens is 1. The van der Waals surface area contributed by atoms with Crippen LogP contribution >= 0.6 is 23.2 Å². The SMILES string of the molecule is O=c1[nH]cnc(Oc2cccc(Cl)c2)c1Cl. The maximum atomic E-state index is 11.2. The molecule has 16 heavy (non-hydrogen) atoms. The largest absolute Gasteiger partial charge is 0.437 e. The van der Waals surface area contributed by atoms with Gasteiger partial charge in [-0.15, -0.1) is 0 Å². The molecule has 1 aromatic carbocycles. The highest BCUT2D eigenvalue weighted by atomic mass is 35.5.